The van der Waals surface area contributed by atoms with Crippen molar-refractivity contribution in [2.24, 2.45) is 0 Å². The third kappa shape index (κ3) is 3.87. The lowest BCUT2D eigenvalue weighted by atomic mass is 10.1. The maximum absolute atomic E-state index is 13.0. The van der Waals surface area contributed by atoms with Crippen molar-refractivity contribution < 1.29 is 14.0 Å². The van der Waals surface area contributed by atoms with Crippen molar-refractivity contribution in [2.45, 2.75) is 32.7 Å². The number of benzene rings is 2. The Balaban J connectivity index is 1.71. The minimum absolute atomic E-state index is 0.0520. The quantitative estimate of drug-likeness (QED) is 0.906. The molecule has 0 bridgehead atoms. The van der Waals surface area contributed by atoms with Crippen LogP contribution in [-0.4, -0.2) is 18.4 Å². The minimum Gasteiger partial charge on any atom is -0.352 e. The number of nitrogens with one attached hydrogen (secondary N) is 1. The first-order valence-electron chi connectivity index (χ1n) is 8.54. The molecular formula is C20H21FN2O2. The van der Waals surface area contributed by atoms with Gasteiger partial charge in [0.2, 0.25) is 5.91 Å². The van der Waals surface area contributed by atoms with E-state index in [1.165, 1.54) is 24.3 Å². The number of hydrogen-bond acceptors (Lipinski definition) is 2. The van der Waals surface area contributed by atoms with Gasteiger partial charge >= 0.3 is 0 Å². The largest absolute Gasteiger partial charge is 0.352 e. The summed E-state index contributed by atoms with van der Waals surface area (Å²) in [4.78, 5) is 25.9. The number of hydrogen-bond donors (Lipinski definition) is 1. The summed E-state index contributed by atoms with van der Waals surface area (Å²) in [7, 11) is 0. The molecule has 0 radical (unpaired) electrons. The summed E-state index contributed by atoms with van der Waals surface area (Å²) in [5, 5.41) is 2.90. The molecule has 130 valence electrons. The Kier molecular flexibility index (Phi) is 5.12. The van der Waals surface area contributed by atoms with E-state index in [1.54, 1.807) is 4.90 Å². The van der Waals surface area contributed by atoms with Crippen LogP contribution in [0.3, 0.4) is 0 Å². The molecule has 0 fully saturated rings. The third-order valence-electron chi connectivity index (χ3n) is 4.34. The predicted molar refractivity (Wildman–Crippen MR) is 95.0 cm³/mol. The standard InChI is InChI=1S/C20H21FN2O2/c1-2-3-19(24)22-13-14-4-9-18-16(12-14)10-11-23(18)20(25)15-5-7-17(21)8-6-15/h4-9,12H,2-3,10-11,13H2,1H3,(H,22,24). The fourth-order valence-electron chi connectivity index (χ4n) is 3.04. The highest BCUT2D eigenvalue weighted by Gasteiger charge is 2.25. The van der Waals surface area contributed by atoms with Gasteiger partial charge in [0.25, 0.3) is 5.91 Å². The number of carbonyl (C=O) groups excluding carboxylic acids is 2. The van der Waals surface area contributed by atoms with Crippen molar-refractivity contribution in [2.75, 3.05) is 11.4 Å². The van der Waals surface area contributed by atoms with Crippen molar-refractivity contribution in [3.63, 3.8) is 0 Å². The molecule has 0 saturated carbocycles. The monoisotopic (exact) mass is 340 g/mol. The van der Waals surface area contributed by atoms with E-state index in [-0.39, 0.29) is 17.6 Å². The molecule has 25 heavy (non-hydrogen) atoms. The zero-order valence-corrected chi connectivity index (χ0v) is 14.2. The molecule has 0 atom stereocenters. The second kappa shape index (κ2) is 7.47. The van der Waals surface area contributed by atoms with E-state index < -0.39 is 0 Å². The van der Waals surface area contributed by atoms with E-state index in [2.05, 4.69) is 5.32 Å². The maximum Gasteiger partial charge on any atom is 0.258 e. The highest BCUT2D eigenvalue weighted by molar-refractivity contribution is 6.07. The Bertz CT molecular complexity index is 787. The summed E-state index contributed by atoms with van der Waals surface area (Å²) in [5.74, 6) is -0.424. The number of halogens is 1. The second-order valence-electron chi connectivity index (χ2n) is 6.20. The zero-order valence-electron chi connectivity index (χ0n) is 14.2. The van der Waals surface area contributed by atoms with Gasteiger partial charge in [-0.2, -0.15) is 0 Å². The second-order valence-corrected chi connectivity index (χ2v) is 6.20. The first-order valence-corrected chi connectivity index (χ1v) is 8.54. The van der Waals surface area contributed by atoms with Crippen molar-refractivity contribution in [1.82, 2.24) is 5.32 Å². The van der Waals surface area contributed by atoms with Crippen LogP contribution in [0.4, 0.5) is 10.1 Å². The molecule has 3 rings (SSSR count). The fourth-order valence-corrected chi connectivity index (χ4v) is 3.04. The Morgan fingerprint density at radius 2 is 1.92 bits per heavy atom. The molecule has 0 aliphatic carbocycles. The normalized spacial score (nSPS) is 12.8. The highest BCUT2D eigenvalue weighted by Crippen LogP contribution is 2.30. The van der Waals surface area contributed by atoms with Gasteiger partial charge in [0, 0.05) is 30.8 Å². The van der Waals surface area contributed by atoms with Crippen LogP contribution in [0, 0.1) is 5.82 Å². The van der Waals surface area contributed by atoms with Crippen LogP contribution in [0.5, 0.6) is 0 Å². The van der Waals surface area contributed by atoms with Gasteiger partial charge in [-0.15, -0.1) is 0 Å². The number of nitrogens with zero attached hydrogens (tertiary/aromatic N) is 1. The maximum atomic E-state index is 13.0. The molecule has 2 aromatic carbocycles. The zero-order chi connectivity index (χ0) is 17.8. The van der Waals surface area contributed by atoms with Gasteiger partial charge in [-0.3, -0.25) is 9.59 Å². The van der Waals surface area contributed by atoms with Gasteiger partial charge in [-0.1, -0.05) is 19.1 Å². The average Bonchev–Trinajstić information content (AvgIpc) is 3.03. The summed E-state index contributed by atoms with van der Waals surface area (Å²) in [6.45, 7) is 3.08. The van der Waals surface area contributed by atoms with Crippen LogP contribution in [0.15, 0.2) is 42.5 Å². The fraction of sp³-hybridized carbons (Fsp3) is 0.300. The molecule has 0 saturated heterocycles. The van der Waals surface area contributed by atoms with Crippen molar-refractivity contribution in [3.8, 4) is 0 Å². The van der Waals surface area contributed by atoms with Crippen molar-refractivity contribution in [3.05, 3.63) is 65.0 Å². The SMILES string of the molecule is CCCC(=O)NCc1ccc2c(c1)CCN2C(=O)c1ccc(F)cc1. The Morgan fingerprint density at radius 1 is 1.16 bits per heavy atom. The molecule has 0 aromatic heterocycles. The lowest BCUT2D eigenvalue weighted by Crippen LogP contribution is -2.28. The third-order valence-corrected chi connectivity index (χ3v) is 4.34. The van der Waals surface area contributed by atoms with Crippen LogP contribution in [0.1, 0.15) is 41.3 Å². The number of fused-ring (bicyclic) bond motifs is 1. The predicted octanol–water partition coefficient (Wildman–Crippen LogP) is 3.44. The van der Waals surface area contributed by atoms with Crippen LogP contribution < -0.4 is 10.2 Å². The van der Waals surface area contributed by atoms with E-state index >= 15 is 0 Å². The number of carbonyl (C=O) groups is 2. The summed E-state index contributed by atoms with van der Waals surface area (Å²) < 4.78 is 13.0. The molecule has 1 heterocycles. The molecule has 2 aromatic rings. The molecule has 0 unspecified atom stereocenters. The Morgan fingerprint density at radius 3 is 2.64 bits per heavy atom. The van der Waals surface area contributed by atoms with Crippen molar-refractivity contribution >= 4 is 17.5 Å². The Hall–Kier alpha value is -2.69. The van der Waals surface area contributed by atoms with Crippen LogP contribution >= 0.6 is 0 Å². The summed E-state index contributed by atoms with van der Waals surface area (Å²) in [6, 6.07) is 11.5. The summed E-state index contributed by atoms with van der Waals surface area (Å²) >= 11 is 0. The topological polar surface area (TPSA) is 49.4 Å². The molecule has 4 nitrogen and oxygen atoms in total. The molecule has 1 aliphatic rings. The average molecular weight is 340 g/mol. The smallest absolute Gasteiger partial charge is 0.258 e. The van der Waals surface area contributed by atoms with Gasteiger partial charge in [0.05, 0.1) is 0 Å². The molecule has 0 spiro atoms. The van der Waals surface area contributed by atoms with Crippen LogP contribution in [0.25, 0.3) is 0 Å². The van der Waals surface area contributed by atoms with Crippen LogP contribution in [0.2, 0.25) is 0 Å². The van der Waals surface area contributed by atoms with Crippen LogP contribution in [-0.2, 0) is 17.8 Å². The van der Waals surface area contributed by atoms with E-state index in [1.807, 2.05) is 25.1 Å². The number of rotatable bonds is 5. The van der Waals surface area contributed by atoms with Gasteiger partial charge in [0.15, 0.2) is 0 Å². The summed E-state index contributed by atoms with van der Waals surface area (Å²) in [6.07, 6.45) is 2.14. The first-order chi connectivity index (χ1) is 12.1. The minimum atomic E-state index is -0.354. The first kappa shape index (κ1) is 17.1. The lowest BCUT2D eigenvalue weighted by molar-refractivity contribution is -0.121. The molecule has 2 amide bonds. The van der Waals surface area contributed by atoms with Gasteiger partial charge < -0.3 is 10.2 Å². The van der Waals surface area contributed by atoms with E-state index in [4.69, 9.17) is 0 Å². The molecular weight excluding hydrogens is 319 g/mol. The van der Waals surface area contributed by atoms with E-state index in [0.717, 1.165) is 29.7 Å². The molecule has 1 aliphatic heterocycles. The summed E-state index contributed by atoms with van der Waals surface area (Å²) in [5.41, 5.74) is 3.49. The van der Waals surface area contributed by atoms with E-state index in [0.29, 0.717) is 25.1 Å². The van der Waals surface area contributed by atoms with Gasteiger partial charge in [-0.25, -0.2) is 4.39 Å². The highest BCUT2D eigenvalue weighted by atomic mass is 19.1. The lowest BCUT2D eigenvalue weighted by Gasteiger charge is -2.17. The Labute approximate surface area is 146 Å². The molecule has 1 N–H and O–H groups in total. The number of anilines is 1. The number of amides is 2. The van der Waals surface area contributed by atoms with Gasteiger partial charge in [-0.05, 0) is 54.3 Å². The van der Waals surface area contributed by atoms with Gasteiger partial charge in [0.1, 0.15) is 5.82 Å². The van der Waals surface area contributed by atoms with Crippen molar-refractivity contribution in [1.29, 1.82) is 0 Å². The molecule has 5 heteroatoms. The van der Waals surface area contributed by atoms with E-state index in [9.17, 15) is 14.0 Å².